The number of hydrogen-bond donors (Lipinski definition) is 1. The first-order chi connectivity index (χ1) is 11.7. The van der Waals surface area contributed by atoms with Crippen molar-refractivity contribution in [1.29, 1.82) is 0 Å². The molecule has 0 aromatic heterocycles. The maximum absolute atomic E-state index is 12.4. The van der Waals surface area contributed by atoms with E-state index in [2.05, 4.69) is 5.32 Å². The molecule has 1 fully saturated rings. The van der Waals surface area contributed by atoms with Crippen LogP contribution in [0.25, 0.3) is 0 Å². The quantitative estimate of drug-likeness (QED) is 0.830. The zero-order valence-electron chi connectivity index (χ0n) is 14.6. The minimum Gasteiger partial charge on any atom is -0.444 e. The molecule has 25 heavy (non-hydrogen) atoms. The second-order valence-corrected chi connectivity index (χ2v) is 7.74. The number of benzene rings is 1. The third-order valence-electron chi connectivity index (χ3n) is 3.58. The monoisotopic (exact) mass is 387 g/mol. The Balaban J connectivity index is 1.89. The molecule has 1 aromatic rings. The summed E-state index contributed by atoms with van der Waals surface area (Å²) in [5.74, 6) is 0. The Bertz CT molecular complexity index is 647. The van der Waals surface area contributed by atoms with Gasteiger partial charge in [0.2, 0.25) is 0 Å². The molecule has 138 valence electrons. The zero-order chi connectivity index (χ0) is 18.6. The Labute approximate surface area is 158 Å². The van der Waals surface area contributed by atoms with Gasteiger partial charge < -0.3 is 15.0 Å². The van der Waals surface area contributed by atoms with Crippen molar-refractivity contribution in [2.24, 2.45) is 0 Å². The van der Waals surface area contributed by atoms with Crippen LogP contribution in [0.4, 0.5) is 9.59 Å². The van der Waals surface area contributed by atoms with Gasteiger partial charge in [-0.2, -0.15) is 0 Å². The molecule has 8 heteroatoms. The number of nitrogens with zero attached hydrogens (tertiary/aromatic N) is 2. The zero-order valence-corrected chi connectivity index (χ0v) is 16.2. The van der Waals surface area contributed by atoms with Crippen LogP contribution in [0.2, 0.25) is 10.0 Å². The summed E-state index contributed by atoms with van der Waals surface area (Å²) in [4.78, 5) is 27.6. The van der Waals surface area contributed by atoms with Crippen molar-refractivity contribution in [2.45, 2.75) is 39.3 Å². The molecule has 0 aliphatic carbocycles. The lowest BCUT2D eigenvalue weighted by molar-refractivity contribution is 0.00852. The summed E-state index contributed by atoms with van der Waals surface area (Å²) in [5, 5.41) is 3.86. The number of amides is 3. The van der Waals surface area contributed by atoms with E-state index in [9.17, 15) is 9.59 Å². The fourth-order valence-corrected chi connectivity index (χ4v) is 2.86. The lowest BCUT2D eigenvalue weighted by atomic mass is 10.2. The predicted molar refractivity (Wildman–Crippen MR) is 97.8 cm³/mol. The molecule has 1 aromatic carbocycles. The number of rotatable bonds is 2. The maximum atomic E-state index is 12.4. The van der Waals surface area contributed by atoms with E-state index in [-0.39, 0.29) is 19.2 Å². The number of halogens is 2. The predicted octanol–water partition coefficient (Wildman–Crippen LogP) is 4.10. The largest absolute Gasteiger partial charge is 0.444 e. The fourth-order valence-electron chi connectivity index (χ4n) is 2.39. The van der Waals surface area contributed by atoms with Crippen LogP contribution in [0.15, 0.2) is 18.2 Å². The van der Waals surface area contributed by atoms with Crippen LogP contribution in [0, 0.1) is 0 Å². The highest BCUT2D eigenvalue weighted by Crippen LogP contribution is 2.21. The molecule has 1 N–H and O–H groups in total. The van der Waals surface area contributed by atoms with Gasteiger partial charge >= 0.3 is 12.1 Å². The van der Waals surface area contributed by atoms with E-state index in [4.69, 9.17) is 27.9 Å². The van der Waals surface area contributed by atoms with Gasteiger partial charge in [-0.25, -0.2) is 9.59 Å². The Morgan fingerprint density at radius 2 is 1.88 bits per heavy atom. The normalized spacial score (nSPS) is 15.1. The minimum atomic E-state index is -0.563. The summed E-state index contributed by atoms with van der Waals surface area (Å²) in [5.41, 5.74) is 0.216. The number of ether oxygens (including phenoxy) is 1. The Morgan fingerprint density at radius 3 is 2.52 bits per heavy atom. The number of urea groups is 1. The Hall–Kier alpha value is -1.66. The van der Waals surface area contributed by atoms with E-state index >= 15 is 0 Å². The molecular formula is C17H23Cl2N3O3. The molecule has 0 spiro atoms. The van der Waals surface area contributed by atoms with Gasteiger partial charge in [-0.1, -0.05) is 29.3 Å². The number of carbonyl (C=O) groups excluding carboxylic acids is 2. The average Bonchev–Trinajstić information content (AvgIpc) is 2.52. The molecule has 2 rings (SSSR count). The van der Waals surface area contributed by atoms with Crippen molar-refractivity contribution in [3.05, 3.63) is 33.8 Å². The van der Waals surface area contributed by atoms with E-state index in [1.54, 1.807) is 23.1 Å². The summed E-state index contributed by atoms with van der Waals surface area (Å²) in [6.07, 6.45) is 0.291. The lowest BCUT2D eigenvalue weighted by Crippen LogP contribution is -2.53. The van der Waals surface area contributed by atoms with Crippen LogP contribution >= 0.6 is 23.2 Å². The molecular weight excluding hydrogens is 365 g/mol. The van der Waals surface area contributed by atoms with Crippen LogP contribution in [0.3, 0.4) is 0 Å². The van der Waals surface area contributed by atoms with Gasteiger partial charge in [0.1, 0.15) is 12.3 Å². The smallest absolute Gasteiger partial charge is 0.411 e. The van der Waals surface area contributed by atoms with Crippen LogP contribution < -0.4 is 5.32 Å². The van der Waals surface area contributed by atoms with Crippen LogP contribution in [0.5, 0.6) is 0 Å². The summed E-state index contributed by atoms with van der Waals surface area (Å²) >= 11 is 12.0. The fraction of sp³-hybridized carbons (Fsp3) is 0.529. The highest BCUT2D eigenvalue weighted by molar-refractivity contribution is 6.35. The molecule has 1 aliphatic heterocycles. The third-order valence-corrected chi connectivity index (χ3v) is 4.17. The van der Waals surface area contributed by atoms with Gasteiger partial charge in [0, 0.05) is 29.7 Å². The molecule has 1 heterocycles. The van der Waals surface area contributed by atoms with Crippen molar-refractivity contribution < 1.29 is 14.3 Å². The first-order valence-corrected chi connectivity index (χ1v) is 8.86. The van der Waals surface area contributed by atoms with Gasteiger partial charge in [-0.05, 0) is 44.9 Å². The molecule has 0 radical (unpaired) electrons. The summed E-state index contributed by atoms with van der Waals surface area (Å²) in [6, 6.07) is 4.88. The molecule has 3 amide bonds. The summed E-state index contributed by atoms with van der Waals surface area (Å²) < 4.78 is 5.36. The highest BCUT2D eigenvalue weighted by atomic mass is 35.5. The second kappa shape index (κ2) is 8.15. The van der Waals surface area contributed by atoms with E-state index < -0.39 is 11.7 Å². The molecule has 1 aliphatic rings. The van der Waals surface area contributed by atoms with Gasteiger partial charge in [-0.15, -0.1) is 0 Å². The van der Waals surface area contributed by atoms with Gasteiger partial charge in [-0.3, -0.25) is 4.90 Å². The third kappa shape index (κ3) is 5.97. The van der Waals surface area contributed by atoms with Crippen molar-refractivity contribution in [1.82, 2.24) is 15.1 Å². The SMILES string of the molecule is CC(C)(C)OC(=O)N1CCCN(C(=O)NCc2ccc(Cl)cc2Cl)C1. The topological polar surface area (TPSA) is 61.9 Å². The number of carbonyl (C=O) groups is 2. The average molecular weight is 388 g/mol. The van der Waals surface area contributed by atoms with E-state index in [1.165, 1.54) is 4.90 Å². The van der Waals surface area contributed by atoms with Crippen LogP contribution in [-0.2, 0) is 11.3 Å². The lowest BCUT2D eigenvalue weighted by Gasteiger charge is -2.36. The van der Waals surface area contributed by atoms with Crippen molar-refractivity contribution in [3.8, 4) is 0 Å². The summed E-state index contributed by atoms with van der Waals surface area (Å²) in [7, 11) is 0. The van der Waals surface area contributed by atoms with Crippen molar-refractivity contribution in [2.75, 3.05) is 19.8 Å². The molecule has 0 bridgehead atoms. The molecule has 1 saturated heterocycles. The maximum Gasteiger partial charge on any atom is 0.411 e. The molecule has 0 saturated carbocycles. The first-order valence-electron chi connectivity index (χ1n) is 8.10. The van der Waals surface area contributed by atoms with Gasteiger partial charge in [0.15, 0.2) is 0 Å². The molecule has 0 atom stereocenters. The highest BCUT2D eigenvalue weighted by Gasteiger charge is 2.28. The van der Waals surface area contributed by atoms with Gasteiger partial charge in [0.25, 0.3) is 0 Å². The van der Waals surface area contributed by atoms with Crippen molar-refractivity contribution >= 4 is 35.3 Å². The number of nitrogens with one attached hydrogen (secondary N) is 1. The van der Waals surface area contributed by atoms with E-state index in [1.807, 2.05) is 20.8 Å². The van der Waals surface area contributed by atoms with Crippen molar-refractivity contribution in [3.63, 3.8) is 0 Å². The minimum absolute atomic E-state index is 0.203. The van der Waals surface area contributed by atoms with Crippen LogP contribution in [0.1, 0.15) is 32.8 Å². The Kier molecular flexibility index (Phi) is 6.41. The standard InChI is InChI=1S/C17H23Cl2N3O3/c1-17(2,3)25-16(24)22-8-4-7-21(11-22)15(23)20-10-12-5-6-13(18)9-14(12)19/h5-6,9H,4,7-8,10-11H2,1-3H3,(H,20,23). The molecule has 6 nitrogen and oxygen atoms in total. The second-order valence-electron chi connectivity index (χ2n) is 6.90. The summed E-state index contributed by atoms with van der Waals surface area (Å²) in [6.45, 7) is 7.09. The van der Waals surface area contributed by atoms with E-state index in [0.717, 1.165) is 5.56 Å². The van der Waals surface area contributed by atoms with Crippen LogP contribution in [-0.4, -0.2) is 47.3 Å². The van der Waals surface area contributed by atoms with E-state index in [0.29, 0.717) is 29.6 Å². The molecule has 0 unspecified atom stereocenters. The Morgan fingerprint density at radius 1 is 1.20 bits per heavy atom. The first kappa shape index (κ1) is 19.7. The van der Waals surface area contributed by atoms with Gasteiger partial charge in [0.05, 0.1) is 0 Å². The number of hydrogen-bond acceptors (Lipinski definition) is 3.